The monoisotopic (exact) mass is 647 g/mol. The van der Waals surface area contributed by atoms with E-state index in [-0.39, 0.29) is 36.1 Å². The van der Waals surface area contributed by atoms with E-state index in [1.165, 1.54) is 34.9 Å². The molecule has 13 nitrogen and oxygen atoms in total. The van der Waals surface area contributed by atoms with Crippen molar-refractivity contribution in [1.29, 1.82) is 5.41 Å². The molecule has 1 aliphatic carbocycles. The van der Waals surface area contributed by atoms with Gasteiger partial charge in [-0.05, 0) is 24.0 Å². The summed E-state index contributed by atoms with van der Waals surface area (Å²) < 4.78 is 11.8. The number of pyridine rings is 1. The number of carbonyl (C=O) groups excluding carboxylic acids is 2. The number of carboxylic acids is 1. The first-order valence-electron chi connectivity index (χ1n) is 12.6. The first kappa shape index (κ1) is 30.2. The number of ether oxygens (including phenoxy) is 1. The summed E-state index contributed by atoms with van der Waals surface area (Å²) in [6.45, 7) is 1.96. The van der Waals surface area contributed by atoms with Gasteiger partial charge in [-0.2, -0.15) is 21.6 Å². The molecule has 5 rings (SSSR count). The van der Waals surface area contributed by atoms with Gasteiger partial charge in [0.1, 0.15) is 31.8 Å². The number of rotatable bonds is 13. The number of hydrogen-bond donors (Lipinski definition) is 3. The molecule has 3 N–H and O–H groups in total. The minimum atomic E-state index is -1.40. The minimum Gasteiger partial charge on any atom is -0.545 e. The van der Waals surface area contributed by atoms with Gasteiger partial charge in [-0.3, -0.25) is 10.2 Å². The molecule has 0 radical (unpaired) electrons. The van der Waals surface area contributed by atoms with Crippen molar-refractivity contribution < 1.29 is 34.0 Å². The zero-order chi connectivity index (χ0) is 29.8. The third kappa shape index (κ3) is 6.11. The van der Waals surface area contributed by atoms with Crippen molar-refractivity contribution >= 4 is 70.3 Å². The number of ketones is 1. The molecule has 42 heavy (non-hydrogen) atoms. The number of fused-ring (bicyclic) bond motifs is 1. The van der Waals surface area contributed by atoms with Gasteiger partial charge in [-0.15, -0.1) is 11.3 Å². The molecule has 0 bridgehead atoms. The highest BCUT2D eigenvalue weighted by atomic mass is 32.2. The van der Waals surface area contributed by atoms with E-state index in [4.69, 9.17) is 15.0 Å². The van der Waals surface area contributed by atoms with Crippen LogP contribution in [0, 0.1) is 17.2 Å². The van der Waals surface area contributed by atoms with Crippen LogP contribution in [0.4, 0.5) is 0 Å². The molecule has 3 aromatic rings. The molecule has 1 fully saturated rings. The topological polar surface area (TPSA) is 187 Å². The Labute approximate surface area is 256 Å². The number of aryl methyl sites for hydroxylation is 1. The Morgan fingerprint density at radius 1 is 1.40 bits per heavy atom. The first-order chi connectivity index (χ1) is 20.4. The average Bonchev–Trinajstić information content (AvgIpc) is 3.65. The predicted molar refractivity (Wildman–Crippen MR) is 155 cm³/mol. The number of carboxylic acid groups (broad SMARTS) is 1. The standard InChI is InChI=1S/C25H25N7O6S4/c1-3-38-30-20(23-28-15(42-31-23)8-37-11-26)19(29-36)18-21(33)17-16(24(34)35)14(10-39-22(17)18)41-25-27-13(9-40-25)12-4-6-32(2)7-5-12/h4-7,9,11,17-19,22,26,29,36H,3,8,10H2,1-2H3/b26-11?,30-20+/t17?,18-,19?,22+/m1/s1. The summed E-state index contributed by atoms with van der Waals surface area (Å²) >= 11 is 5.08. The first-order valence-corrected chi connectivity index (χ1v) is 16.1. The summed E-state index contributed by atoms with van der Waals surface area (Å²) in [5.41, 5.74) is 3.93. The van der Waals surface area contributed by atoms with Crippen LogP contribution in [0.3, 0.4) is 0 Å². The second kappa shape index (κ2) is 13.4. The molecule has 4 heterocycles. The number of Topliss-reactive ketones (excluding diaryl/α,β-unsaturated/α-hetero) is 1. The summed E-state index contributed by atoms with van der Waals surface area (Å²) in [5, 5.41) is 35.5. The maximum Gasteiger partial charge on any atom is 0.192 e. The van der Waals surface area contributed by atoms with Crippen molar-refractivity contribution in [2.45, 2.75) is 29.2 Å². The molecule has 0 saturated heterocycles. The summed E-state index contributed by atoms with van der Waals surface area (Å²) in [6.07, 6.45) is 4.63. The Balaban J connectivity index is 1.39. The molecule has 3 aromatic heterocycles. The number of thiazole rings is 1. The van der Waals surface area contributed by atoms with Crippen LogP contribution in [0.2, 0.25) is 0 Å². The van der Waals surface area contributed by atoms with Crippen LogP contribution in [-0.2, 0) is 32.8 Å². The van der Waals surface area contributed by atoms with E-state index >= 15 is 0 Å². The highest BCUT2D eigenvalue weighted by Gasteiger charge is 2.58. The lowest BCUT2D eigenvalue weighted by molar-refractivity contribution is -0.671. The number of hydroxylamine groups is 1. The van der Waals surface area contributed by atoms with Gasteiger partial charge < -0.3 is 24.7 Å². The van der Waals surface area contributed by atoms with Crippen LogP contribution >= 0.6 is 46.4 Å². The molecule has 220 valence electrons. The molecule has 4 atom stereocenters. The number of aliphatic carboxylic acids is 1. The van der Waals surface area contributed by atoms with E-state index in [2.05, 4.69) is 25.0 Å². The van der Waals surface area contributed by atoms with Gasteiger partial charge in [0.15, 0.2) is 34.0 Å². The largest absolute Gasteiger partial charge is 0.545 e. The Morgan fingerprint density at radius 3 is 2.88 bits per heavy atom. The maximum atomic E-state index is 13.6. The molecule has 1 saturated carbocycles. The van der Waals surface area contributed by atoms with Gasteiger partial charge in [0.2, 0.25) is 0 Å². The average molecular weight is 648 g/mol. The Hall–Kier alpha value is -3.22. The fourth-order valence-electron chi connectivity index (χ4n) is 4.66. The maximum absolute atomic E-state index is 13.6. The van der Waals surface area contributed by atoms with E-state index in [0.717, 1.165) is 29.2 Å². The number of hydrogen-bond acceptors (Lipinski definition) is 16. The molecule has 17 heteroatoms. The molecule has 0 aromatic carbocycles. The molecular weight excluding hydrogens is 623 g/mol. The van der Waals surface area contributed by atoms with Crippen LogP contribution in [-0.4, -0.2) is 67.1 Å². The van der Waals surface area contributed by atoms with E-state index in [1.807, 2.05) is 41.5 Å². The molecule has 0 spiro atoms. The van der Waals surface area contributed by atoms with E-state index in [1.54, 1.807) is 6.92 Å². The Morgan fingerprint density at radius 2 is 2.19 bits per heavy atom. The fraction of sp³-hybridized carbons (Fsp3) is 0.360. The van der Waals surface area contributed by atoms with Crippen LogP contribution in [0.1, 0.15) is 17.8 Å². The zero-order valence-electron chi connectivity index (χ0n) is 22.3. The molecule has 0 amide bonds. The van der Waals surface area contributed by atoms with Crippen LogP contribution < -0.4 is 15.2 Å². The Bertz CT molecular complexity index is 1540. The van der Waals surface area contributed by atoms with Gasteiger partial charge in [-0.25, -0.2) is 14.5 Å². The lowest BCUT2D eigenvalue weighted by atomic mass is 9.65. The third-order valence-electron chi connectivity index (χ3n) is 6.60. The lowest BCUT2D eigenvalue weighted by Crippen LogP contribution is -2.63. The third-order valence-corrected chi connectivity index (χ3v) is 10.9. The number of oxime groups is 1. The molecule has 2 unspecified atom stereocenters. The zero-order valence-corrected chi connectivity index (χ0v) is 25.5. The SMILES string of the molecule is CCO/N=C(/c1nsc(COC=N)n1)C(NO)[C@@H]1C(=O)C2C(C(=O)[O-])=C(Sc3nc(-c4cc[n+](C)cc4)cs3)CS[C@@H]21. The lowest BCUT2D eigenvalue weighted by Gasteiger charge is -2.49. The molecule has 1 aliphatic heterocycles. The second-order valence-corrected chi connectivity index (χ2v) is 13.3. The van der Waals surface area contributed by atoms with Crippen molar-refractivity contribution in [3.8, 4) is 11.3 Å². The van der Waals surface area contributed by atoms with Crippen LogP contribution in [0.25, 0.3) is 11.3 Å². The van der Waals surface area contributed by atoms with Crippen molar-refractivity contribution in [3.63, 3.8) is 0 Å². The summed E-state index contributed by atoms with van der Waals surface area (Å²) in [5.74, 6) is -3.08. The predicted octanol–water partition coefficient (Wildman–Crippen LogP) is 1.42. The van der Waals surface area contributed by atoms with E-state index in [9.17, 15) is 19.9 Å². The van der Waals surface area contributed by atoms with Gasteiger partial charge in [0.25, 0.3) is 0 Å². The molecular formula is C25H25N7O6S4. The highest BCUT2D eigenvalue weighted by molar-refractivity contribution is 8.07. The van der Waals surface area contributed by atoms with Crippen LogP contribution in [0.15, 0.2) is 49.9 Å². The van der Waals surface area contributed by atoms with Gasteiger partial charge >= 0.3 is 0 Å². The Kier molecular flexibility index (Phi) is 9.64. The van der Waals surface area contributed by atoms with Crippen molar-refractivity contribution in [2.75, 3.05) is 12.4 Å². The summed E-state index contributed by atoms with van der Waals surface area (Å²) in [7, 11) is 1.93. The number of thioether (sulfide) groups is 2. The van der Waals surface area contributed by atoms with Crippen molar-refractivity contribution in [3.05, 3.63) is 51.2 Å². The molecule has 2 aliphatic rings. The van der Waals surface area contributed by atoms with E-state index in [0.29, 0.717) is 20.0 Å². The van der Waals surface area contributed by atoms with E-state index < -0.39 is 29.1 Å². The summed E-state index contributed by atoms with van der Waals surface area (Å²) in [6, 6.07) is 2.84. The quantitative estimate of drug-likeness (QED) is 0.105. The minimum absolute atomic E-state index is 0.0219. The summed E-state index contributed by atoms with van der Waals surface area (Å²) in [4.78, 5) is 40.7. The highest BCUT2D eigenvalue weighted by Crippen LogP contribution is 2.53. The number of nitrogens with zero attached hydrogens (tertiary/aromatic N) is 5. The van der Waals surface area contributed by atoms with Gasteiger partial charge in [-0.1, -0.05) is 16.9 Å². The normalized spacial score (nSPS) is 21.0. The number of nitrogens with one attached hydrogen (secondary N) is 2. The number of carbonyl (C=O) groups is 2. The van der Waals surface area contributed by atoms with Crippen molar-refractivity contribution in [1.82, 2.24) is 19.8 Å². The number of aromatic nitrogens is 4. The van der Waals surface area contributed by atoms with Crippen LogP contribution in [0.5, 0.6) is 0 Å². The fourth-order valence-corrected chi connectivity index (χ4v) is 9.00. The van der Waals surface area contributed by atoms with Gasteiger partial charge in [0, 0.05) is 39.0 Å². The second-order valence-electron chi connectivity index (χ2n) is 9.10. The van der Waals surface area contributed by atoms with Crippen molar-refractivity contribution in [2.24, 2.45) is 24.0 Å². The smallest absolute Gasteiger partial charge is 0.192 e. The van der Waals surface area contributed by atoms with Gasteiger partial charge in [0.05, 0.1) is 29.5 Å².